The molecule has 1 heterocycles. The van der Waals surface area contributed by atoms with Crippen molar-refractivity contribution in [2.24, 2.45) is 0 Å². The van der Waals surface area contributed by atoms with E-state index in [0.29, 0.717) is 32.6 Å². The van der Waals surface area contributed by atoms with Crippen molar-refractivity contribution in [3.63, 3.8) is 0 Å². The van der Waals surface area contributed by atoms with Gasteiger partial charge in [0, 0.05) is 26.6 Å². The Morgan fingerprint density at radius 1 is 1.19 bits per heavy atom. The Morgan fingerprint density at radius 3 is 2.31 bits per heavy atom. The Balaban J connectivity index is 0.00000225. The minimum absolute atomic E-state index is 0. The summed E-state index contributed by atoms with van der Waals surface area (Å²) in [5.74, 6) is -0.0608. The first-order valence-electron chi connectivity index (χ1n) is 5.07. The number of amides is 1. The topological polar surface area (TPSA) is 23.6 Å². The van der Waals surface area contributed by atoms with Crippen LogP contribution in [0.3, 0.4) is 0 Å². The number of rotatable bonds is 2. The molecule has 1 amide bonds. The number of hydrogen-bond donors (Lipinski definition) is 0. The molecule has 3 nitrogen and oxygen atoms in total. The van der Waals surface area contributed by atoms with Crippen LogP contribution in [0.25, 0.3) is 0 Å². The zero-order chi connectivity index (χ0) is 11.5. The maximum absolute atomic E-state index is 12.2. The van der Waals surface area contributed by atoms with Gasteiger partial charge in [-0.05, 0) is 19.4 Å². The van der Waals surface area contributed by atoms with Gasteiger partial charge in [0.15, 0.2) is 0 Å². The third kappa shape index (κ3) is 6.61. The molecule has 0 radical (unpaired) electrons. The first kappa shape index (κ1) is 16.9. The Labute approximate surface area is 136 Å². The molecule has 0 aliphatic carbocycles. The predicted molar refractivity (Wildman–Crippen MR) is 52.4 cm³/mol. The average molecular weight is 262 g/mol. The van der Waals surface area contributed by atoms with Gasteiger partial charge in [-0.1, -0.05) is 0 Å². The van der Waals surface area contributed by atoms with Crippen LogP contribution in [0.2, 0.25) is 0 Å². The van der Waals surface area contributed by atoms with E-state index in [9.17, 15) is 17.7 Å². The SMILES string of the molecule is CC(=O)N1CCCN(C[B-](F)(F)F)CC1.[K+]. The van der Waals surface area contributed by atoms with E-state index >= 15 is 0 Å². The normalized spacial score (nSPS) is 18.9. The van der Waals surface area contributed by atoms with Crippen molar-refractivity contribution in [2.45, 2.75) is 13.3 Å². The summed E-state index contributed by atoms with van der Waals surface area (Å²) >= 11 is 0. The van der Waals surface area contributed by atoms with E-state index in [1.165, 1.54) is 11.8 Å². The molecule has 16 heavy (non-hydrogen) atoms. The Kier molecular flexibility index (Phi) is 7.80. The van der Waals surface area contributed by atoms with E-state index in [0.717, 1.165) is 0 Å². The van der Waals surface area contributed by atoms with E-state index in [-0.39, 0.29) is 57.3 Å². The number of halogens is 3. The predicted octanol–water partition coefficient (Wildman–Crippen LogP) is -2.07. The second-order valence-corrected chi connectivity index (χ2v) is 3.87. The molecule has 0 aromatic carbocycles. The van der Waals surface area contributed by atoms with Crippen LogP contribution in [-0.2, 0) is 4.79 Å². The summed E-state index contributed by atoms with van der Waals surface area (Å²) in [4.78, 5) is 14.0. The fraction of sp³-hybridized carbons (Fsp3) is 0.875. The van der Waals surface area contributed by atoms with Crippen LogP contribution >= 0.6 is 0 Å². The van der Waals surface area contributed by atoms with Crippen LogP contribution < -0.4 is 51.4 Å². The van der Waals surface area contributed by atoms with Crippen LogP contribution in [0.5, 0.6) is 0 Å². The fourth-order valence-electron chi connectivity index (χ4n) is 1.76. The molecule has 0 aromatic rings. The van der Waals surface area contributed by atoms with Gasteiger partial charge in [0.1, 0.15) is 0 Å². The number of nitrogens with zero attached hydrogens (tertiary/aromatic N) is 2. The van der Waals surface area contributed by atoms with Crippen molar-refractivity contribution in [3.05, 3.63) is 0 Å². The molecule has 1 aliphatic heterocycles. The van der Waals surface area contributed by atoms with Crippen molar-refractivity contribution in [3.8, 4) is 0 Å². The van der Waals surface area contributed by atoms with Gasteiger partial charge in [0.05, 0.1) is 0 Å². The summed E-state index contributed by atoms with van der Waals surface area (Å²) in [6.45, 7) is -1.59. The first-order chi connectivity index (χ1) is 6.88. The molecule has 0 atom stereocenters. The minimum Gasteiger partial charge on any atom is -0.448 e. The van der Waals surface area contributed by atoms with Gasteiger partial charge in [-0.25, -0.2) is 0 Å². The summed E-state index contributed by atoms with van der Waals surface area (Å²) in [6.07, 6.45) is -0.197. The maximum atomic E-state index is 12.2. The molecule has 8 heteroatoms. The van der Waals surface area contributed by atoms with E-state index in [1.807, 2.05) is 0 Å². The summed E-state index contributed by atoms with van der Waals surface area (Å²) in [7, 11) is 0. The second kappa shape index (κ2) is 7.38. The Morgan fingerprint density at radius 2 is 1.81 bits per heavy atom. The van der Waals surface area contributed by atoms with E-state index in [4.69, 9.17) is 0 Å². The monoisotopic (exact) mass is 262 g/mol. The molecule has 0 aromatic heterocycles. The zero-order valence-electron chi connectivity index (χ0n) is 9.76. The van der Waals surface area contributed by atoms with Crippen LogP contribution in [-0.4, -0.2) is 55.3 Å². The molecule has 0 bridgehead atoms. The average Bonchev–Trinajstić information content (AvgIpc) is 2.26. The Hall–Kier alpha value is 0.921. The van der Waals surface area contributed by atoms with Gasteiger partial charge in [0.25, 0.3) is 0 Å². The standard InChI is InChI=1S/C8H15BF3N2O.K/c1-8(15)14-4-2-3-13(5-6-14)7-9(10,11)12;/h2-7H2,1H3;/q-1;+1. The molecule has 0 unspecified atom stereocenters. The summed E-state index contributed by atoms with van der Waals surface area (Å²) in [5, 5.41) is 0. The third-order valence-electron chi connectivity index (χ3n) is 2.50. The van der Waals surface area contributed by atoms with Crippen molar-refractivity contribution in [1.29, 1.82) is 0 Å². The molecule has 1 rings (SSSR count). The van der Waals surface area contributed by atoms with Crippen molar-refractivity contribution < 1.29 is 69.1 Å². The fourth-order valence-corrected chi connectivity index (χ4v) is 1.76. The third-order valence-corrected chi connectivity index (χ3v) is 2.50. The largest absolute Gasteiger partial charge is 1.00 e. The molecular weight excluding hydrogens is 247 g/mol. The van der Waals surface area contributed by atoms with Gasteiger partial charge < -0.3 is 22.7 Å². The first-order valence-corrected chi connectivity index (χ1v) is 5.07. The van der Waals surface area contributed by atoms with Gasteiger partial charge in [0.2, 0.25) is 5.91 Å². The van der Waals surface area contributed by atoms with Crippen LogP contribution in [0.1, 0.15) is 13.3 Å². The van der Waals surface area contributed by atoms with Gasteiger partial charge in [-0.15, -0.1) is 0 Å². The number of carbonyl (C=O) groups is 1. The van der Waals surface area contributed by atoms with Gasteiger partial charge in [-0.3, -0.25) is 4.79 Å². The number of carbonyl (C=O) groups excluding carboxylic acids is 1. The summed E-state index contributed by atoms with van der Waals surface area (Å²) in [6, 6.07) is 0. The molecule has 88 valence electrons. The molecule has 0 N–H and O–H groups in total. The van der Waals surface area contributed by atoms with Crippen molar-refractivity contribution in [1.82, 2.24) is 9.80 Å². The van der Waals surface area contributed by atoms with Crippen LogP contribution in [0.15, 0.2) is 0 Å². The van der Waals surface area contributed by atoms with Crippen molar-refractivity contribution in [2.75, 3.05) is 32.6 Å². The van der Waals surface area contributed by atoms with E-state index < -0.39 is 13.4 Å². The van der Waals surface area contributed by atoms with Gasteiger partial charge in [-0.2, -0.15) is 0 Å². The summed E-state index contributed by atoms with van der Waals surface area (Å²) in [5.41, 5.74) is 0. The molecule has 0 spiro atoms. The smallest absolute Gasteiger partial charge is 0.448 e. The summed E-state index contributed by atoms with van der Waals surface area (Å²) < 4.78 is 36.5. The molecular formula is C8H15BF3KN2O. The maximum Gasteiger partial charge on any atom is 1.00 e. The second-order valence-electron chi connectivity index (χ2n) is 3.87. The molecule has 0 saturated carbocycles. The molecule has 1 fully saturated rings. The Bertz CT molecular complexity index is 240. The minimum atomic E-state index is -4.75. The zero-order valence-corrected chi connectivity index (χ0v) is 12.9. The van der Waals surface area contributed by atoms with Crippen LogP contribution in [0, 0.1) is 0 Å². The van der Waals surface area contributed by atoms with E-state index in [1.54, 1.807) is 4.90 Å². The quantitative estimate of drug-likeness (QED) is 0.534. The van der Waals surface area contributed by atoms with Gasteiger partial charge >= 0.3 is 58.4 Å². The molecule has 1 aliphatic rings. The molecule has 1 saturated heterocycles. The van der Waals surface area contributed by atoms with Crippen molar-refractivity contribution >= 4 is 12.9 Å². The van der Waals surface area contributed by atoms with E-state index in [2.05, 4.69) is 0 Å². The number of hydrogen-bond acceptors (Lipinski definition) is 2. The van der Waals surface area contributed by atoms with Crippen LogP contribution in [0.4, 0.5) is 12.9 Å².